The summed E-state index contributed by atoms with van der Waals surface area (Å²) in [6.07, 6.45) is 0. The highest BCUT2D eigenvalue weighted by molar-refractivity contribution is 6.03. The maximum atomic E-state index is 14.1. The SMILES string of the molecule is CC(=Nc1ccc(N=C(C)c2cccc(C(C)=Nc3cc(F)ccc3F)n2)cc1)c1cccc(C(C)=Nc2cc(F)ccc2C)n1. The smallest absolute Gasteiger partial charge is 0.149 e. The molecule has 0 aliphatic heterocycles. The number of aryl methyl sites for hydroxylation is 1. The van der Waals surface area contributed by atoms with Crippen LogP contribution in [0.2, 0.25) is 0 Å². The second-order valence-corrected chi connectivity index (χ2v) is 10.6. The normalized spacial score (nSPS) is 12.9. The summed E-state index contributed by atoms with van der Waals surface area (Å²) in [4.78, 5) is 27.6. The molecule has 0 radical (unpaired) electrons. The van der Waals surface area contributed by atoms with Crippen LogP contribution >= 0.6 is 0 Å². The van der Waals surface area contributed by atoms with Gasteiger partial charge in [-0.3, -0.25) is 15.0 Å². The number of nitrogens with zero attached hydrogens (tertiary/aromatic N) is 6. The molecule has 0 unspecified atom stereocenters. The van der Waals surface area contributed by atoms with E-state index in [-0.39, 0.29) is 11.5 Å². The van der Waals surface area contributed by atoms with E-state index in [1.807, 2.05) is 82.3 Å². The van der Waals surface area contributed by atoms with E-state index in [9.17, 15) is 13.2 Å². The van der Waals surface area contributed by atoms with Crippen LogP contribution in [0.15, 0.2) is 117 Å². The summed E-state index contributed by atoms with van der Waals surface area (Å²) < 4.78 is 41.4. The van der Waals surface area contributed by atoms with Crippen molar-refractivity contribution in [1.82, 2.24) is 9.97 Å². The van der Waals surface area contributed by atoms with Gasteiger partial charge in [-0.05, 0) is 113 Å². The fourth-order valence-corrected chi connectivity index (χ4v) is 4.53. The Balaban J connectivity index is 1.31. The molecule has 0 fully saturated rings. The lowest BCUT2D eigenvalue weighted by Crippen LogP contribution is -2.05. The number of benzene rings is 3. The molecule has 46 heavy (non-hydrogen) atoms. The number of rotatable bonds is 8. The van der Waals surface area contributed by atoms with Crippen LogP contribution in [0.1, 0.15) is 56.0 Å². The van der Waals surface area contributed by atoms with Gasteiger partial charge in [-0.2, -0.15) is 0 Å². The first-order chi connectivity index (χ1) is 22.0. The van der Waals surface area contributed by atoms with Gasteiger partial charge in [0.25, 0.3) is 0 Å². The van der Waals surface area contributed by atoms with Gasteiger partial charge < -0.3 is 0 Å². The van der Waals surface area contributed by atoms with E-state index < -0.39 is 11.6 Å². The Kier molecular flexibility index (Phi) is 9.71. The van der Waals surface area contributed by atoms with Crippen LogP contribution in [-0.2, 0) is 0 Å². The first kappa shape index (κ1) is 31.8. The minimum absolute atomic E-state index is 0.0866. The zero-order valence-corrected chi connectivity index (χ0v) is 26.1. The molecule has 0 bridgehead atoms. The summed E-state index contributed by atoms with van der Waals surface area (Å²) in [5.41, 5.74) is 7.85. The standard InChI is InChI=1S/C37H31F3N6/c1-22-12-13-27(38)20-36(22)43-25(4)34-10-6-8-32(45-34)23(2)41-29-15-17-30(18-16-29)42-24(3)33-9-7-11-35(46-33)26(5)44-37-21-28(39)14-19-31(37)40/h6-21H,1-5H3. The van der Waals surface area contributed by atoms with Gasteiger partial charge in [0.2, 0.25) is 0 Å². The monoisotopic (exact) mass is 616 g/mol. The van der Waals surface area contributed by atoms with Gasteiger partial charge in [0, 0.05) is 6.07 Å². The molecule has 0 aliphatic rings. The second-order valence-electron chi connectivity index (χ2n) is 10.6. The molecule has 9 heteroatoms. The Labute approximate surface area is 265 Å². The quantitative estimate of drug-likeness (QED) is 0.163. The topological polar surface area (TPSA) is 75.2 Å². The lowest BCUT2D eigenvalue weighted by atomic mass is 10.1. The Morgan fingerprint density at radius 2 is 0.870 bits per heavy atom. The molecule has 0 N–H and O–H groups in total. The van der Waals surface area contributed by atoms with E-state index in [2.05, 4.69) is 15.0 Å². The molecule has 5 aromatic rings. The van der Waals surface area contributed by atoms with Gasteiger partial charge in [-0.15, -0.1) is 0 Å². The van der Waals surface area contributed by atoms with Crippen molar-refractivity contribution >= 4 is 45.6 Å². The molecule has 2 aromatic heterocycles. The number of hydrogen-bond acceptors (Lipinski definition) is 6. The molecule has 0 amide bonds. The minimum atomic E-state index is -0.611. The first-order valence-electron chi connectivity index (χ1n) is 14.5. The van der Waals surface area contributed by atoms with Gasteiger partial charge in [0.15, 0.2) is 0 Å². The molecule has 230 valence electrons. The fraction of sp³-hybridized carbons (Fsp3) is 0.135. The van der Waals surface area contributed by atoms with E-state index in [4.69, 9.17) is 15.0 Å². The van der Waals surface area contributed by atoms with E-state index in [0.29, 0.717) is 51.3 Å². The summed E-state index contributed by atoms with van der Waals surface area (Å²) in [5, 5.41) is 0. The zero-order valence-electron chi connectivity index (χ0n) is 26.1. The lowest BCUT2D eigenvalue weighted by Gasteiger charge is -2.07. The Hall–Kier alpha value is -5.57. The molecular formula is C37H31F3N6. The van der Waals surface area contributed by atoms with Crippen LogP contribution in [0.4, 0.5) is 35.9 Å². The van der Waals surface area contributed by atoms with Crippen LogP contribution in [0.3, 0.4) is 0 Å². The number of pyridine rings is 2. The third kappa shape index (κ3) is 7.92. The largest absolute Gasteiger partial charge is 0.252 e. The minimum Gasteiger partial charge on any atom is -0.252 e. The predicted octanol–water partition coefficient (Wildman–Crippen LogP) is 9.77. The number of aliphatic imine (C=N–C) groups is 4. The van der Waals surface area contributed by atoms with E-state index in [1.165, 1.54) is 12.1 Å². The van der Waals surface area contributed by atoms with Gasteiger partial charge in [0.1, 0.15) is 23.1 Å². The van der Waals surface area contributed by atoms with Gasteiger partial charge in [0.05, 0.1) is 62.7 Å². The maximum absolute atomic E-state index is 14.1. The van der Waals surface area contributed by atoms with Gasteiger partial charge in [-0.1, -0.05) is 18.2 Å². The Morgan fingerprint density at radius 1 is 0.478 bits per heavy atom. The van der Waals surface area contributed by atoms with Crippen LogP contribution < -0.4 is 0 Å². The average Bonchev–Trinajstić information content (AvgIpc) is 3.05. The molecule has 2 heterocycles. The molecule has 5 rings (SSSR count). The van der Waals surface area contributed by atoms with Crippen LogP contribution in [0.5, 0.6) is 0 Å². The van der Waals surface area contributed by atoms with Crippen molar-refractivity contribution in [2.75, 3.05) is 0 Å². The average molecular weight is 617 g/mol. The number of hydrogen-bond donors (Lipinski definition) is 0. The van der Waals surface area contributed by atoms with Gasteiger partial charge in [-0.25, -0.2) is 28.1 Å². The summed E-state index contributed by atoms with van der Waals surface area (Å²) in [6, 6.07) is 26.2. The van der Waals surface area contributed by atoms with Crippen LogP contribution in [-0.4, -0.2) is 32.8 Å². The maximum Gasteiger partial charge on any atom is 0.149 e. The second kappa shape index (κ2) is 14.0. The van der Waals surface area contributed by atoms with Crippen molar-refractivity contribution in [3.05, 3.63) is 143 Å². The lowest BCUT2D eigenvalue weighted by molar-refractivity contribution is 0.602. The van der Waals surface area contributed by atoms with E-state index >= 15 is 0 Å². The highest BCUT2D eigenvalue weighted by Crippen LogP contribution is 2.23. The van der Waals surface area contributed by atoms with Crippen molar-refractivity contribution in [3.63, 3.8) is 0 Å². The molecule has 0 spiro atoms. The molecule has 0 aliphatic carbocycles. The van der Waals surface area contributed by atoms with Crippen molar-refractivity contribution < 1.29 is 13.2 Å². The molecule has 0 saturated heterocycles. The van der Waals surface area contributed by atoms with Gasteiger partial charge >= 0.3 is 0 Å². The molecule has 6 nitrogen and oxygen atoms in total. The fourth-order valence-electron chi connectivity index (χ4n) is 4.53. The number of aromatic nitrogens is 2. The zero-order chi connectivity index (χ0) is 32.8. The third-order valence-corrected chi connectivity index (χ3v) is 7.08. The van der Waals surface area contributed by atoms with Crippen molar-refractivity contribution in [3.8, 4) is 0 Å². The highest BCUT2D eigenvalue weighted by Gasteiger charge is 2.09. The Morgan fingerprint density at radius 3 is 1.35 bits per heavy atom. The first-order valence-corrected chi connectivity index (χ1v) is 14.5. The Bertz CT molecular complexity index is 1880. The molecular weight excluding hydrogens is 585 g/mol. The van der Waals surface area contributed by atoms with E-state index in [0.717, 1.165) is 35.2 Å². The summed E-state index contributed by atoms with van der Waals surface area (Å²) >= 11 is 0. The molecule has 3 aromatic carbocycles. The van der Waals surface area contributed by atoms with Crippen LogP contribution in [0.25, 0.3) is 0 Å². The summed E-state index contributed by atoms with van der Waals surface area (Å²) in [5.74, 6) is -1.51. The number of halogens is 3. The van der Waals surface area contributed by atoms with E-state index in [1.54, 1.807) is 19.1 Å². The van der Waals surface area contributed by atoms with Crippen molar-refractivity contribution in [2.24, 2.45) is 20.0 Å². The summed E-state index contributed by atoms with van der Waals surface area (Å²) in [7, 11) is 0. The molecule has 0 atom stereocenters. The van der Waals surface area contributed by atoms with Crippen molar-refractivity contribution in [2.45, 2.75) is 34.6 Å². The van der Waals surface area contributed by atoms with Crippen molar-refractivity contribution in [1.29, 1.82) is 0 Å². The predicted molar refractivity (Wildman–Crippen MR) is 180 cm³/mol. The summed E-state index contributed by atoms with van der Waals surface area (Å²) in [6.45, 7) is 9.16. The molecule has 0 saturated carbocycles. The third-order valence-electron chi connectivity index (χ3n) is 7.08. The highest BCUT2D eigenvalue weighted by atomic mass is 19.1. The van der Waals surface area contributed by atoms with Crippen LogP contribution in [0, 0.1) is 24.4 Å².